The number of carbonyl (C=O) groups is 3. The molecule has 1 aliphatic carbocycles. The fraction of sp³-hybridized carbons (Fsp3) is 0.615. The molecule has 19 heavy (non-hydrogen) atoms. The normalized spacial score (nSPS) is 25.3. The Labute approximate surface area is 111 Å². The molecule has 0 aromatic carbocycles. The van der Waals surface area contributed by atoms with Crippen molar-refractivity contribution in [3.8, 4) is 0 Å². The van der Waals surface area contributed by atoms with E-state index in [1.807, 2.05) is 26.0 Å². The van der Waals surface area contributed by atoms with Gasteiger partial charge in [-0.05, 0) is 5.92 Å². The van der Waals surface area contributed by atoms with Crippen molar-refractivity contribution in [2.75, 3.05) is 13.7 Å². The Balaban J connectivity index is 1.88. The van der Waals surface area contributed by atoms with Crippen LogP contribution in [-0.4, -0.2) is 48.4 Å². The van der Waals surface area contributed by atoms with Crippen LogP contribution in [0.3, 0.4) is 0 Å². The maximum absolute atomic E-state index is 11.9. The van der Waals surface area contributed by atoms with E-state index in [2.05, 4.69) is 10.1 Å². The number of rotatable bonds is 5. The zero-order valence-electron chi connectivity index (χ0n) is 11.3. The van der Waals surface area contributed by atoms with Crippen molar-refractivity contribution in [1.82, 2.24) is 10.2 Å². The van der Waals surface area contributed by atoms with Crippen molar-refractivity contribution >= 4 is 17.8 Å². The number of methoxy groups -OCH3 is 1. The van der Waals surface area contributed by atoms with Gasteiger partial charge in [0.2, 0.25) is 11.8 Å². The molecule has 0 spiro atoms. The molecule has 2 aliphatic rings. The third kappa shape index (κ3) is 2.34. The van der Waals surface area contributed by atoms with E-state index < -0.39 is 12.0 Å². The molecule has 0 aromatic heterocycles. The molecule has 0 radical (unpaired) electrons. The first-order chi connectivity index (χ1) is 8.95. The number of carbonyl (C=O) groups excluding carboxylic acids is 3. The van der Waals surface area contributed by atoms with Crippen LogP contribution in [0, 0.1) is 11.8 Å². The number of likely N-dealkylation sites (tertiary alicyclic amines) is 1. The maximum atomic E-state index is 11.9. The van der Waals surface area contributed by atoms with Crippen molar-refractivity contribution in [3.05, 3.63) is 12.2 Å². The Bertz CT molecular complexity index is 444. The summed E-state index contributed by atoms with van der Waals surface area (Å²) >= 11 is 0. The molecule has 1 aliphatic heterocycles. The van der Waals surface area contributed by atoms with Crippen molar-refractivity contribution < 1.29 is 19.1 Å². The first-order valence-electron chi connectivity index (χ1n) is 6.31. The lowest BCUT2D eigenvalue weighted by atomic mass is 9.78. The molecule has 1 heterocycles. The highest BCUT2D eigenvalue weighted by Crippen LogP contribution is 2.35. The standard InChI is InChI=1S/C13H18N2O4/c1-7(2)11(13(18)19-3)14-10(16)6-15-9-5-4-8(9)12(15)17/h4-5,7-9,11H,6H2,1-3H3,(H,14,16)/t8-,9+,11+/m1/s1. The highest BCUT2D eigenvalue weighted by atomic mass is 16.5. The molecule has 1 saturated heterocycles. The maximum Gasteiger partial charge on any atom is 0.328 e. The van der Waals surface area contributed by atoms with E-state index in [1.54, 1.807) is 0 Å². The molecule has 0 unspecified atom stereocenters. The van der Waals surface area contributed by atoms with Gasteiger partial charge in [-0.3, -0.25) is 9.59 Å². The largest absolute Gasteiger partial charge is 0.467 e. The van der Waals surface area contributed by atoms with Gasteiger partial charge in [0.1, 0.15) is 12.6 Å². The molecule has 1 fully saturated rings. The van der Waals surface area contributed by atoms with E-state index in [1.165, 1.54) is 12.0 Å². The van der Waals surface area contributed by atoms with E-state index in [-0.39, 0.29) is 36.2 Å². The SMILES string of the molecule is COC(=O)[C@@H](NC(=O)CN1C(=O)[C@@H]2C=C[C@@H]21)C(C)C. The topological polar surface area (TPSA) is 75.7 Å². The molecular formula is C13H18N2O4. The summed E-state index contributed by atoms with van der Waals surface area (Å²) in [4.78, 5) is 36.5. The Morgan fingerprint density at radius 2 is 2.11 bits per heavy atom. The molecule has 2 rings (SSSR count). The molecule has 3 atom stereocenters. The number of ether oxygens (including phenoxy) is 1. The highest BCUT2D eigenvalue weighted by molar-refractivity contribution is 5.95. The third-order valence-electron chi connectivity index (χ3n) is 3.56. The number of hydrogen-bond donors (Lipinski definition) is 1. The van der Waals surface area contributed by atoms with Crippen LogP contribution in [0.25, 0.3) is 0 Å². The van der Waals surface area contributed by atoms with Gasteiger partial charge in [-0.1, -0.05) is 26.0 Å². The van der Waals surface area contributed by atoms with Gasteiger partial charge in [0.05, 0.1) is 19.1 Å². The molecule has 104 valence electrons. The average molecular weight is 266 g/mol. The second kappa shape index (κ2) is 5.03. The van der Waals surface area contributed by atoms with Crippen molar-refractivity contribution in [1.29, 1.82) is 0 Å². The molecule has 0 bridgehead atoms. The molecule has 1 N–H and O–H groups in total. The molecule has 2 amide bonds. The van der Waals surface area contributed by atoms with Crippen molar-refractivity contribution in [2.45, 2.75) is 25.9 Å². The van der Waals surface area contributed by atoms with Gasteiger partial charge >= 0.3 is 5.97 Å². The fourth-order valence-corrected chi connectivity index (χ4v) is 2.29. The Morgan fingerprint density at radius 3 is 2.53 bits per heavy atom. The van der Waals surface area contributed by atoms with Gasteiger partial charge < -0.3 is 15.0 Å². The average Bonchev–Trinajstić information content (AvgIpc) is 2.32. The summed E-state index contributed by atoms with van der Waals surface area (Å²) in [5, 5.41) is 2.61. The molecule has 6 heteroatoms. The Morgan fingerprint density at radius 1 is 1.42 bits per heavy atom. The third-order valence-corrected chi connectivity index (χ3v) is 3.56. The van der Waals surface area contributed by atoms with E-state index in [4.69, 9.17) is 0 Å². The van der Waals surface area contributed by atoms with Gasteiger partial charge in [0.25, 0.3) is 0 Å². The van der Waals surface area contributed by atoms with Crippen LogP contribution >= 0.6 is 0 Å². The Hall–Kier alpha value is -1.85. The molecule has 0 saturated carbocycles. The summed E-state index contributed by atoms with van der Waals surface area (Å²) in [6, 6.07) is -0.615. The highest BCUT2D eigenvalue weighted by Gasteiger charge is 2.49. The van der Waals surface area contributed by atoms with Crippen LogP contribution in [0.1, 0.15) is 13.8 Å². The van der Waals surface area contributed by atoms with Crippen LogP contribution in [0.2, 0.25) is 0 Å². The Kier molecular flexibility index (Phi) is 3.59. The summed E-state index contributed by atoms with van der Waals surface area (Å²) in [5.74, 6) is -0.938. The molecule has 0 aromatic rings. The number of esters is 1. The quantitative estimate of drug-likeness (QED) is 0.421. The number of nitrogens with one attached hydrogen (secondary N) is 1. The molecular weight excluding hydrogens is 248 g/mol. The number of hydrogen-bond acceptors (Lipinski definition) is 4. The van der Waals surface area contributed by atoms with Crippen LogP contribution < -0.4 is 5.32 Å². The second-order valence-corrected chi connectivity index (χ2v) is 5.18. The summed E-state index contributed by atoms with van der Waals surface area (Å²) in [6.07, 6.45) is 3.74. The van der Waals surface area contributed by atoms with E-state index in [0.29, 0.717) is 0 Å². The lowest BCUT2D eigenvalue weighted by molar-refractivity contribution is -0.155. The monoisotopic (exact) mass is 266 g/mol. The summed E-state index contributed by atoms with van der Waals surface area (Å²) in [5.41, 5.74) is 0. The van der Waals surface area contributed by atoms with Gasteiger partial charge in [-0.25, -0.2) is 4.79 Å². The predicted molar refractivity (Wildman–Crippen MR) is 66.9 cm³/mol. The van der Waals surface area contributed by atoms with Crippen LogP contribution in [0.5, 0.6) is 0 Å². The minimum atomic E-state index is -0.679. The number of nitrogens with zero attached hydrogens (tertiary/aromatic N) is 1. The van der Waals surface area contributed by atoms with Crippen molar-refractivity contribution in [3.63, 3.8) is 0 Å². The van der Waals surface area contributed by atoms with Crippen LogP contribution in [0.15, 0.2) is 12.2 Å². The summed E-state index contributed by atoms with van der Waals surface area (Å²) in [6.45, 7) is 3.63. The first-order valence-corrected chi connectivity index (χ1v) is 6.31. The lowest BCUT2D eigenvalue weighted by Gasteiger charge is -2.49. The minimum Gasteiger partial charge on any atom is -0.467 e. The fourth-order valence-electron chi connectivity index (χ4n) is 2.29. The predicted octanol–water partition coefficient (Wildman–Crippen LogP) is -0.303. The zero-order valence-corrected chi connectivity index (χ0v) is 11.3. The number of β-lactam (4-membered cyclic amide) rings is 1. The van der Waals surface area contributed by atoms with E-state index in [9.17, 15) is 14.4 Å². The van der Waals surface area contributed by atoms with E-state index >= 15 is 0 Å². The second-order valence-electron chi connectivity index (χ2n) is 5.18. The van der Waals surface area contributed by atoms with Gasteiger partial charge in [0, 0.05) is 0 Å². The minimum absolute atomic E-state index is 0.00937. The van der Waals surface area contributed by atoms with Crippen LogP contribution in [0.4, 0.5) is 0 Å². The van der Waals surface area contributed by atoms with Gasteiger partial charge in [-0.15, -0.1) is 0 Å². The summed E-state index contributed by atoms with van der Waals surface area (Å²) < 4.78 is 4.64. The molecule has 6 nitrogen and oxygen atoms in total. The smallest absolute Gasteiger partial charge is 0.328 e. The zero-order chi connectivity index (χ0) is 14.2. The number of amides is 2. The van der Waals surface area contributed by atoms with E-state index in [0.717, 1.165) is 0 Å². The van der Waals surface area contributed by atoms with Gasteiger partial charge in [0.15, 0.2) is 0 Å². The van der Waals surface area contributed by atoms with Crippen molar-refractivity contribution in [2.24, 2.45) is 11.8 Å². The number of fused-ring (bicyclic) bond motifs is 1. The summed E-state index contributed by atoms with van der Waals surface area (Å²) in [7, 11) is 1.28. The van der Waals surface area contributed by atoms with Gasteiger partial charge in [-0.2, -0.15) is 0 Å². The first kappa shape index (κ1) is 13.6. The lowest BCUT2D eigenvalue weighted by Crippen LogP contribution is -2.65. The van der Waals surface area contributed by atoms with Crippen LogP contribution in [-0.2, 0) is 19.1 Å².